The van der Waals surface area contributed by atoms with E-state index in [0.29, 0.717) is 18.2 Å². The minimum Gasteiger partial charge on any atom is -0.396 e. The molecule has 5 heteroatoms. The van der Waals surface area contributed by atoms with Crippen LogP contribution in [0.2, 0.25) is 0 Å². The Morgan fingerprint density at radius 2 is 2.22 bits per heavy atom. The Kier molecular flexibility index (Phi) is 2.92. The smallest absolute Gasteiger partial charge is 0.274 e. The molecule has 0 aromatic carbocycles. The number of rotatable bonds is 2. The highest BCUT2D eigenvalue weighted by molar-refractivity contribution is 5.94. The Morgan fingerprint density at radius 1 is 1.43 bits per heavy atom. The summed E-state index contributed by atoms with van der Waals surface area (Å²) >= 11 is 0. The molecule has 2 aromatic heterocycles. The zero-order valence-corrected chi connectivity index (χ0v) is 13.9. The van der Waals surface area contributed by atoms with Crippen LogP contribution in [0, 0.1) is 23.7 Å². The molecule has 0 radical (unpaired) electrons. The molecule has 1 aliphatic heterocycles. The summed E-state index contributed by atoms with van der Waals surface area (Å²) in [5, 5.41) is 9.86. The van der Waals surface area contributed by atoms with Crippen molar-refractivity contribution in [1.29, 1.82) is 0 Å². The Hall–Kier alpha value is -1.88. The van der Waals surface area contributed by atoms with E-state index in [-0.39, 0.29) is 23.3 Å². The topological polar surface area (TPSA) is 57.8 Å². The average molecular weight is 313 g/mol. The fourth-order valence-electron chi connectivity index (χ4n) is 4.96. The molecule has 2 fully saturated rings. The van der Waals surface area contributed by atoms with Crippen molar-refractivity contribution in [2.24, 2.45) is 16.7 Å². The normalized spacial score (nSPS) is 28.7. The fraction of sp³-hybridized carbons (Fsp3) is 0.556. The van der Waals surface area contributed by atoms with E-state index in [1.165, 1.54) is 0 Å². The van der Waals surface area contributed by atoms with Crippen LogP contribution in [0.4, 0.5) is 0 Å². The quantitative estimate of drug-likeness (QED) is 0.924. The lowest BCUT2D eigenvalue weighted by Crippen LogP contribution is -2.54. The zero-order chi connectivity index (χ0) is 16.4. The largest absolute Gasteiger partial charge is 0.396 e. The Bertz CT molecular complexity index is 795. The van der Waals surface area contributed by atoms with Crippen LogP contribution in [-0.4, -0.2) is 45.0 Å². The van der Waals surface area contributed by atoms with Crippen molar-refractivity contribution in [3.05, 3.63) is 35.8 Å². The molecule has 0 spiro atoms. The second-order valence-electron chi connectivity index (χ2n) is 7.90. The van der Waals surface area contributed by atoms with Crippen LogP contribution in [0.25, 0.3) is 5.65 Å². The summed E-state index contributed by atoms with van der Waals surface area (Å²) in [5.74, 6) is 0.366. The van der Waals surface area contributed by atoms with E-state index >= 15 is 0 Å². The summed E-state index contributed by atoms with van der Waals surface area (Å²) in [4.78, 5) is 19.4. The van der Waals surface area contributed by atoms with Gasteiger partial charge in [-0.15, -0.1) is 0 Å². The van der Waals surface area contributed by atoms with E-state index in [0.717, 1.165) is 24.3 Å². The van der Waals surface area contributed by atoms with Crippen molar-refractivity contribution >= 4 is 11.6 Å². The summed E-state index contributed by atoms with van der Waals surface area (Å²) in [6, 6.07) is 5.78. The maximum atomic E-state index is 13.0. The van der Waals surface area contributed by atoms with Crippen LogP contribution in [0.5, 0.6) is 0 Å². The first-order chi connectivity index (χ1) is 10.9. The first-order valence-electron chi connectivity index (χ1n) is 8.22. The van der Waals surface area contributed by atoms with Crippen LogP contribution in [0.3, 0.4) is 0 Å². The molecule has 1 N–H and O–H groups in total. The highest BCUT2D eigenvalue weighted by Gasteiger charge is 2.63. The number of pyridine rings is 1. The van der Waals surface area contributed by atoms with Crippen LogP contribution in [0.1, 0.15) is 36.5 Å². The minimum absolute atomic E-state index is 0.00998. The Morgan fingerprint density at radius 3 is 2.83 bits per heavy atom. The van der Waals surface area contributed by atoms with Gasteiger partial charge in [0.15, 0.2) is 0 Å². The summed E-state index contributed by atoms with van der Waals surface area (Å²) in [7, 11) is 0. The van der Waals surface area contributed by atoms with Gasteiger partial charge in [0.25, 0.3) is 5.91 Å². The zero-order valence-electron chi connectivity index (χ0n) is 13.9. The first kappa shape index (κ1) is 14.7. The number of nitrogens with zero attached hydrogens (tertiary/aromatic N) is 3. The third kappa shape index (κ3) is 1.89. The third-order valence-corrected chi connectivity index (χ3v) is 5.97. The summed E-state index contributed by atoms with van der Waals surface area (Å²) < 4.78 is 1.95. The highest BCUT2D eigenvalue weighted by atomic mass is 16.3. The molecular weight excluding hydrogens is 290 g/mol. The molecule has 4 rings (SSSR count). The number of carbonyl (C=O) groups is 1. The van der Waals surface area contributed by atoms with Gasteiger partial charge in [0, 0.05) is 24.7 Å². The fourth-order valence-corrected chi connectivity index (χ4v) is 4.96. The molecule has 1 amide bonds. The van der Waals surface area contributed by atoms with Gasteiger partial charge in [0.1, 0.15) is 11.3 Å². The molecule has 2 aliphatic rings. The SMILES string of the molecule is Cc1c(C(=O)N2C[C@@H]3C(C)(C)C[C@]3(CO)C2)nc2ccccn12. The predicted octanol–water partition coefficient (Wildman–Crippen LogP) is 2.12. The number of likely N-dealkylation sites (tertiary alicyclic amines) is 1. The van der Waals surface area contributed by atoms with Crippen LogP contribution < -0.4 is 0 Å². The Balaban J connectivity index is 1.66. The van der Waals surface area contributed by atoms with Gasteiger partial charge in [-0.2, -0.15) is 0 Å². The molecule has 5 nitrogen and oxygen atoms in total. The van der Waals surface area contributed by atoms with Crippen LogP contribution in [-0.2, 0) is 0 Å². The van der Waals surface area contributed by atoms with Gasteiger partial charge in [-0.1, -0.05) is 19.9 Å². The van der Waals surface area contributed by atoms with Crippen LogP contribution in [0.15, 0.2) is 24.4 Å². The van der Waals surface area contributed by atoms with Crippen molar-refractivity contribution in [3.8, 4) is 0 Å². The number of aliphatic hydroxyl groups excluding tert-OH is 1. The molecule has 23 heavy (non-hydrogen) atoms. The first-order valence-corrected chi connectivity index (χ1v) is 8.22. The van der Waals surface area contributed by atoms with E-state index in [4.69, 9.17) is 0 Å². The number of hydrogen-bond donors (Lipinski definition) is 1. The maximum Gasteiger partial charge on any atom is 0.274 e. The number of aliphatic hydroxyl groups is 1. The van der Waals surface area contributed by atoms with Crippen molar-refractivity contribution < 1.29 is 9.90 Å². The number of fused-ring (bicyclic) bond motifs is 2. The van der Waals surface area contributed by atoms with E-state index in [1.54, 1.807) is 0 Å². The van der Waals surface area contributed by atoms with Crippen molar-refractivity contribution in [1.82, 2.24) is 14.3 Å². The summed E-state index contributed by atoms with van der Waals surface area (Å²) in [6.07, 6.45) is 2.91. The predicted molar refractivity (Wildman–Crippen MR) is 87.2 cm³/mol. The monoisotopic (exact) mass is 313 g/mol. The summed E-state index contributed by atoms with van der Waals surface area (Å²) in [5.41, 5.74) is 2.30. The lowest BCUT2D eigenvalue weighted by atomic mass is 9.48. The number of imidazole rings is 1. The molecule has 2 atom stereocenters. The number of aryl methyl sites for hydroxylation is 1. The molecule has 0 bridgehead atoms. The molecular formula is C18H23N3O2. The molecule has 122 valence electrons. The molecule has 1 saturated heterocycles. The number of carbonyl (C=O) groups excluding carboxylic acids is 1. The van der Waals surface area contributed by atoms with Gasteiger partial charge in [-0.25, -0.2) is 4.98 Å². The van der Waals surface area contributed by atoms with Crippen LogP contribution >= 0.6 is 0 Å². The number of aromatic nitrogens is 2. The minimum atomic E-state index is -0.105. The van der Waals surface area contributed by atoms with Crippen molar-refractivity contribution in [3.63, 3.8) is 0 Å². The second-order valence-corrected chi connectivity index (χ2v) is 7.90. The second kappa shape index (κ2) is 4.57. The molecule has 2 aromatic rings. The number of amides is 1. The molecule has 1 saturated carbocycles. The van der Waals surface area contributed by atoms with E-state index in [2.05, 4.69) is 18.8 Å². The summed E-state index contributed by atoms with van der Waals surface area (Å²) in [6.45, 7) is 7.92. The average Bonchev–Trinajstić information content (AvgIpc) is 3.04. The van der Waals surface area contributed by atoms with Crippen molar-refractivity contribution in [2.45, 2.75) is 27.2 Å². The lowest BCUT2D eigenvalue weighted by Gasteiger charge is -2.55. The van der Waals surface area contributed by atoms with Gasteiger partial charge in [-0.3, -0.25) is 4.79 Å². The van der Waals surface area contributed by atoms with Gasteiger partial charge in [0.2, 0.25) is 0 Å². The molecule has 0 unspecified atom stereocenters. The van der Waals surface area contributed by atoms with Crippen molar-refractivity contribution in [2.75, 3.05) is 19.7 Å². The highest BCUT2D eigenvalue weighted by Crippen LogP contribution is 2.62. The van der Waals surface area contributed by atoms with E-state index < -0.39 is 0 Å². The standard InChI is InChI=1S/C18H23N3O2/c1-12-15(19-14-6-4-5-7-21(12)14)16(23)20-8-13-17(2,3)9-18(13,10-20)11-22/h4-7,13,22H,8-11H2,1-3H3/t13-,18-/m1/s1. The van der Waals surface area contributed by atoms with E-state index in [9.17, 15) is 9.90 Å². The molecule has 3 heterocycles. The molecule has 1 aliphatic carbocycles. The van der Waals surface area contributed by atoms with Gasteiger partial charge in [-0.05, 0) is 36.8 Å². The van der Waals surface area contributed by atoms with Gasteiger partial charge < -0.3 is 14.4 Å². The van der Waals surface area contributed by atoms with Gasteiger partial charge in [0.05, 0.1) is 12.3 Å². The third-order valence-electron chi connectivity index (χ3n) is 5.97. The lowest BCUT2D eigenvalue weighted by molar-refractivity contribution is -0.0977. The maximum absolute atomic E-state index is 13.0. The van der Waals surface area contributed by atoms with Gasteiger partial charge >= 0.3 is 0 Å². The number of hydrogen-bond acceptors (Lipinski definition) is 3. The van der Waals surface area contributed by atoms with E-state index in [1.807, 2.05) is 40.6 Å². The Labute approximate surface area is 135 Å².